The van der Waals surface area contributed by atoms with Crippen molar-refractivity contribution in [1.29, 1.82) is 0 Å². The van der Waals surface area contributed by atoms with Gasteiger partial charge in [0.1, 0.15) is 17.3 Å². The zero-order chi connectivity index (χ0) is 15.3. The average Bonchev–Trinajstić information content (AvgIpc) is 2.38. The molecule has 0 unspecified atom stereocenters. The summed E-state index contributed by atoms with van der Waals surface area (Å²) in [7, 11) is -4.06. The molecule has 0 aliphatic carbocycles. The molecule has 0 N–H and O–H groups in total. The van der Waals surface area contributed by atoms with Crippen LogP contribution in [0, 0.1) is 12.7 Å². The molecule has 0 amide bonds. The van der Waals surface area contributed by atoms with Gasteiger partial charge in [-0.15, -0.1) is 0 Å². The summed E-state index contributed by atoms with van der Waals surface area (Å²) in [4.78, 5) is 11.0. The number of carbonyl (C=O) groups excluding carboxylic acids is 1. The van der Waals surface area contributed by atoms with Crippen molar-refractivity contribution in [2.45, 2.75) is 25.7 Å². The van der Waals surface area contributed by atoms with E-state index in [1.54, 1.807) is 20.8 Å². The van der Waals surface area contributed by atoms with Gasteiger partial charge in [0.05, 0.1) is 6.61 Å². The smallest absolute Gasteiger partial charge is 0.321 e. The summed E-state index contributed by atoms with van der Waals surface area (Å²) in [6.07, 6.45) is 0. The number of aryl methyl sites for hydroxylation is 1. The third kappa shape index (κ3) is 3.77. The molecule has 1 aromatic rings. The zero-order valence-electron chi connectivity index (χ0n) is 11.7. The number of carbonyl (C=O) groups is 1. The molecule has 0 saturated heterocycles. The summed E-state index contributed by atoms with van der Waals surface area (Å²) in [6, 6.07) is 3.83. The molecule has 0 aliphatic rings. The van der Waals surface area contributed by atoms with Gasteiger partial charge in [-0.25, -0.2) is 12.8 Å². The minimum absolute atomic E-state index is 0.0501. The van der Waals surface area contributed by atoms with Crippen molar-refractivity contribution in [2.24, 2.45) is 0 Å². The van der Waals surface area contributed by atoms with Crippen LogP contribution in [-0.2, 0) is 19.6 Å². The first-order valence-electron chi connectivity index (χ1n) is 6.24. The predicted octanol–water partition coefficient (Wildman–Crippen LogP) is 1.71. The van der Waals surface area contributed by atoms with Crippen molar-refractivity contribution < 1.29 is 22.3 Å². The van der Waals surface area contributed by atoms with Crippen LogP contribution in [0.4, 0.5) is 4.39 Å². The summed E-state index contributed by atoms with van der Waals surface area (Å²) < 4.78 is 44.0. The minimum Gasteiger partial charge on any atom is -0.465 e. The number of nitrogens with zero attached hydrogens (tertiary/aromatic N) is 1. The van der Waals surface area contributed by atoms with Crippen LogP contribution in [0.25, 0.3) is 0 Å². The van der Waals surface area contributed by atoms with Crippen LogP contribution in [0.5, 0.6) is 0 Å². The molecule has 0 saturated carbocycles. The maximum absolute atomic E-state index is 13.7. The van der Waals surface area contributed by atoms with Gasteiger partial charge in [0.15, 0.2) is 0 Å². The highest BCUT2D eigenvalue weighted by molar-refractivity contribution is 7.89. The van der Waals surface area contributed by atoms with E-state index in [9.17, 15) is 17.6 Å². The Morgan fingerprint density at radius 1 is 1.35 bits per heavy atom. The van der Waals surface area contributed by atoms with Crippen LogP contribution in [0.3, 0.4) is 0 Å². The van der Waals surface area contributed by atoms with E-state index in [1.165, 1.54) is 12.1 Å². The molecule has 0 radical (unpaired) electrons. The highest BCUT2D eigenvalue weighted by atomic mass is 32.2. The van der Waals surface area contributed by atoms with Gasteiger partial charge in [-0.3, -0.25) is 4.79 Å². The van der Waals surface area contributed by atoms with Gasteiger partial charge in [-0.1, -0.05) is 13.0 Å². The van der Waals surface area contributed by atoms with Crippen LogP contribution in [0.1, 0.15) is 19.4 Å². The van der Waals surface area contributed by atoms with Crippen LogP contribution in [0.15, 0.2) is 23.1 Å². The second-order valence-electron chi connectivity index (χ2n) is 4.17. The van der Waals surface area contributed by atoms with Crippen molar-refractivity contribution in [3.63, 3.8) is 0 Å². The van der Waals surface area contributed by atoms with E-state index in [0.717, 1.165) is 10.4 Å². The number of hydrogen-bond acceptors (Lipinski definition) is 4. The molecule has 0 bridgehead atoms. The topological polar surface area (TPSA) is 63.7 Å². The van der Waals surface area contributed by atoms with Gasteiger partial charge in [-0.05, 0) is 31.5 Å². The van der Waals surface area contributed by atoms with E-state index >= 15 is 0 Å². The van der Waals surface area contributed by atoms with Crippen LogP contribution < -0.4 is 0 Å². The second kappa shape index (κ2) is 6.81. The van der Waals surface area contributed by atoms with Crippen LogP contribution in [0.2, 0.25) is 0 Å². The number of likely N-dealkylation sites (N-methyl/N-ethyl adjacent to an activating group) is 1. The lowest BCUT2D eigenvalue weighted by Gasteiger charge is -2.20. The highest BCUT2D eigenvalue weighted by Crippen LogP contribution is 2.20. The standard InChI is InChI=1S/C13H18FNO4S/c1-4-15(9-13(16)19-5-2)20(17,18)12-8-10(3)6-7-11(12)14/h6-8H,4-5,9H2,1-3H3. The summed E-state index contributed by atoms with van der Waals surface area (Å²) in [5, 5.41) is 0. The maximum Gasteiger partial charge on any atom is 0.321 e. The molecule has 0 heterocycles. The third-order valence-corrected chi connectivity index (χ3v) is 4.60. The molecule has 0 aromatic heterocycles. The molecular formula is C13H18FNO4S. The molecular weight excluding hydrogens is 285 g/mol. The third-order valence-electron chi connectivity index (χ3n) is 2.67. The van der Waals surface area contributed by atoms with E-state index < -0.39 is 33.3 Å². The Morgan fingerprint density at radius 2 is 2.00 bits per heavy atom. The highest BCUT2D eigenvalue weighted by Gasteiger charge is 2.28. The molecule has 112 valence electrons. The number of rotatable bonds is 6. The van der Waals surface area contributed by atoms with Crippen molar-refractivity contribution in [2.75, 3.05) is 19.7 Å². The normalized spacial score (nSPS) is 11.7. The molecule has 7 heteroatoms. The molecule has 0 spiro atoms. The van der Waals surface area contributed by atoms with Crippen molar-refractivity contribution in [3.8, 4) is 0 Å². The van der Waals surface area contributed by atoms with Crippen LogP contribution >= 0.6 is 0 Å². The summed E-state index contributed by atoms with van der Waals surface area (Å²) >= 11 is 0. The Labute approximate surface area is 118 Å². The van der Waals surface area contributed by atoms with Crippen molar-refractivity contribution in [3.05, 3.63) is 29.6 Å². The fourth-order valence-corrected chi connectivity index (χ4v) is 3.21. The van der Waals surface area contributed by atoms with Gasteiger partial charge in [0, 0.05) is 6.54 Å². The summed E-state index contributed by atoms with van der Waals surface area (Å²) in [5.41, 5.74) is 0.622. The molecule has 1 rings (SSSR count). The average molecular weight is 303 g/mol. The zero-order valence-corrected chi connectivity index (χ0v) is 12.5. The molecule has 0 aliphatic heterocycles. The summed E-state index contributed by atoms with van der Waals surface area (Å²) in [6.45, 7) is 4.65. The minimum atomic E-state index is -4.06. The first-order valence-corrected chi connectivity index (χ1v) is 7.68. The number of hydrogen-bond donors (Lipinski definition) is 0. The lowest BCUT2D eigenvalue weighted by molar-refractivity contribution is -0.143. The Morgan fingerprint density at radius 3 is 2.55 bits per heavy atom. The first kappa shape index (κ1) is 16.6. The quantitative estimate of drug-likeness (QED) is 0.751. The molecule has 5 nitrogen and oxygen atoms in total. The van der Waals surface area contributed by atoms with E-state index in [0.29, 0.717) is 5.56 Å². The lowest BCUT2D eigenvalue weighted by atomic mass is 10.2. The predicted molar refractivity (Wildman–Crippen MR) is 72.2 cm³/mol. The number of sulfonamides is 1. The van der Waals surface area contributed by atoms with E-state index in [4.69, 9.17) is 4.74 Å². The Balaban J connectivity index is 3.12. The fraction of sp³-hybridized carbons (Fsp3) is 0.462. The van der Waals surface area contributed by atoms with Crippen molar-refractivity contribution >= 4 is 16.0 Å². The van der Waals surface area contributed by atoms with Crippen molar-refractivity contribution in [1.82, 2.24) is 4.31 Å². The SMILES string of the molecule is CCOC(=O)CN(CC)S(=O)(=O)c1cc(C)ccc1F. The monoisotopic (exact) mass is 303 g/mol. The Bertz CT molecular complexity index is 586. The molecule has 1 aromatic carbocycles. The van der Waals surface area contributed by atoms with E-state index in [-0.39, 0.29) is 13.2 Å². The second-order valence-corrected chi connectivity index (χ2v) is 6.08. The fourth-order valence-electron chi connectivity index (χ4n) is 1.66. The van der Waals surface area contributed by atoms with E-state index in [2.05, 4.69) is 0 Å². The molecule has 20 heavy (non-hydrogen) atoms. The van der Waals surface area contributed by atoms with Gasteiger partial charge < -0.3 is 4.74 Å². The van der Waals surface area contributed by atoms with Crippen LogP contribution in [-0.4, -0.2) is 38.4 Å². The van der Waals surface area contributed by atoms with Gasteiger partial charge in [0.2, 0.25) is 10.0 Å². The van der Waals surface area contributed by atoms with Gasteiger partial charge >= 0.3 is 5.97 Å². The Hall–Kier alpha value is -1.47. The molecule has 0 atom stereocenters. The number of halogens is 1. The number of ether oxygens (including phenoxy) is 1. The Kier molecular flexibility index (Phi) is 5.64. The van der Waals surface area contributed by atoms with Gasteiger partial charge in [-0.2, -0.15) is 4.31 Å². The molecule has 0 fully saturated rings. The first-order chi connectivity index (χ1) is 9.32. The largest absolute Gasteiger partial charge is 0.465 e. The van der Waals surface area contributed by atoms with E-state index in [1.807, 2.05) is 0 Å². The lowest BCUT2D eigenvalue weighted by Crippen LogP contribution is -2.36. The van der Waals surface area contributed by atoms with Gasteiger partial charge in [0.25, 0.3) is 0 Å². The maximum atomic E-state index is 13.7. The summed E-state index contributed by atoms with van der Waals surface area (Å²) in [5.74, 6) is -1.50. The number of esters is 1. The number of benzene rings is 1.